The van der Waals surface area contributed by atoms with Crippen molar-refractivity contribution in [3.8, 4) is 5.75 Å². The summed E-state index contributed by atoms with van der Waals surface area (Å²) in [7, 11) is 1.56. The van der Waals surface area contributed by atoms with Crippen molar-refractivity contribution in [2.24, 2.45) is 5.16 Å². The molecule has 2 aromatic heterocycles. The number of benzene rings is 4. The van der Waals surface area contributed by atoms with Crippen LogP contribution in [0.2, 0.25) is 0 Å². The van der Waals surface area contributed by atoms with E-state index in [1.54, 1.807) is 68.2 Å². The monoisotopic (exact) mass is 1090 g/mol. The van der Waals surface area contributed by atoms with Crippen LogP contribution in [0.5, 0.6) is 5.75 Å². The first-order valence-electron chi connectivity index (χ1n) is 23.7. The number of nitrogens with zero attached hydrogens (tertiary/aromatic N) is 5. The van der Waals surface area contributed by atoms with Gasteiger partial charge in [0.2, 0.25) is 17.2 Å². The number of halogens is 1. The lowest BCUT2D eigenvalue weighted by atomic mass is 9.77. The highest BCUT2D eigenvalue weighted by Gasteiger charge is 2.55. The van der Waals surface area contributed by atoms with Gasteiger partial charge in [0.25, 0.3) is 11.8 Å². The number of thiazole rings is 1. The van der Waals surface area contributed by atoms with Crippen LogP contribution >= 0.6 is 34.9 Å². The number of hydrogen-bond acceptors (Lipinski definition) is 17. The van der Waals surface area contributed by atoms with E-state index < -0.39 is 51.9 Å². The molecule has 4 aromatic carbocycles. The highest BCUT2D eigenvalue weighted by molar-refractivity contribution is 8.01. The Morgan fingerprint density at radius 1 is 0.880 bits per heavy atom. The molecule has 2 aliphatic rings. The lowest BCUT2D eigenvalue weighted by molar-refractivity contribution is -0.719. The predicted octanol–water partition coefficient (Wildman–Crippen LogP) is 4.46. The Balaban J connectivity index is 0.00000820. The van der Waals surface area contributed by atoms with Gasteiger partial charge >= 0.3 is 17.1 Å². The number of nitrogens with two attached hydrogens (primary N) is 2. The summed E-state index contributed by atoms with van der Waals surface area (Å²) in [6.07, 6.45) is 0. The number of carbonyl (C=O) groups is 4. The molecule has 0 spiro atoms. The Morgan fingerprint density at radius 2 is 1.48 bits per heavy atom. The van der Waals surface area contributed by atoms with Crippen LogP contribution in [-0.4, -0.2) is 85.6 Å². The van der Waals surface area contributed by atoms with Crippen molar-refractivity contribution in [3.63, 3.8) is 0 Å². The number of nitrogens with one attached hydrogen (secondary N) is 2. The number of ether oxygens (including phenoxy) is 3. The third-order valence-corrected chi connectivity index (χ3v) is 15.1. The molecule has 392 valence electrons. The lowest BCUT2D eigenvalue weighted by Crippen LogP contribution is -3.00. The quantitative estimate of drug-likeness (QED) is 0.0128. The number of carbonyl (C=O) groups excluding carboxylic acids is 4. The van der Waals surface area contributed by atoms with E-state index in [1.807, 2.05) is 97.9 Å². The number of fused-ring (bicyclic) bond motifs is 1. The molecule has 6 aromatic rings. The average molecular weight is 1090 g/mol. The van der Waals surface area contributed by atoms with Gasteiger partial charge in [0, 0.05) is 16.9 Å². The molecular weight excluding hydrogens is 1030 g/mol. The standard InChI is InChI=1S/C54H57N9O8S3.ClH/c1-8-62-41(56)28-40(55)58-51(62)74-31-34-30-72-47-43(46(65)63(47)44(34)48(66)69-29-33-24-26-38(68-7)27-25-33)59-45(64)42(61-71-53(5,6)49(67)70-52(2,3)4)39-32-73-50(57-39)60-54(35-18-12-9-13-19-35,36-20-14-10-15-21-36)37-22-16-11-17-23-37;/h9-28,32,43,47H,8,29-31H2,1-7H3,(H5,55,56,57,59,60,64);1H/b61-42-;. The molecule has 0 saturated carbocycles. The van der Waals surface area contributed by atoms with Crippen LogP contribution in [0.3, 0.4) is 0 Å². The number of rotatable bonds is 19. The van der Waals surface area contributed by atoms with Crippen LogP contribution in [0.4, 0.5) is 16.8 Å². The number of esters is 2. The number of amides is 2. The second-order valence-corrected chi connectivity index (χ2v) is 21.6. The van der Waals surface area contributed by atoms with Gasteiger partial charge in [0.05, 0.1) is 19.7 Å². The molecule has 4 heterocycles. The molecule has 75 heavy (non-hydrogen) atoms. The number of β-lactam (4-membered cyclic amide) rings is 1. The molecular formula is C54H58ClN9O8S3. The van der Waals surface area contributed by atoms with Crippen molar-refractivity contribution in [2.75, 3.05) is 35.4 Å². The van der Waals surface area contributed by atoms with Crippen LogP contribution in [0.15, 0.2) is 148 Å². The summed E-state index contributed by atoms with van der Waals surface area (Å²) in [5.41, 5.74) is 12.8. The Hall–Kier alpha value is -7.13. The molecule has 8 rings (SSSR count). The van der Waals surface area contributed by atoms with E-state index in [-0.39, 0.29) is 47.7 Å². The molecule has 2 amide bonds. The van der Waals surface area contributed by atoms with Crippen molar-refractivity contribution in [1.29, 1.82) is 0 Å². The van der Waals surface area contributed by atoms with Crippen LogP contribution in [0.1, 0.15) is 69.5 Å². The largest absolute Gasteiger partial charge is 1.00 e. The van der Waals surface area contributed by atoms with Crippen LogP contribution < -0.4 is 43.8 Å². The molecule has 0 aliphatic carbocycles. The number of nitrogen functional groups attached to an aromatic ring is 2. The third kappa shape index (κ3) is 12.4. The van der Waals surface area contributed by atoms with Crippen LogP contribution in [0, 0.1) is 0 Å². The first-order chi connectivity index (χ1) is 35.4. The number of anilines is 3. The predicted molar refractivity (Wildman–Crippen MR) is 287 cm³/mol. The molecule has 1 fully saturated rings. The number of methoxy groups -OCH3 is 1. The smallest absolute Gasteiger partial charge is 0.355 e. The number of hydrogen-bond donors (Lipinski definition) is 4. The summed E-state index contributed by atoms with van der Waals surface area (Å²) >= 11 is 3.92. The van der Waals surface area contributed by atoms with E-state index >= 15 is 0 Å². The van der Waals surface area contributed by atoms with Crippen LogP contribution in [0.25, 0.3) is 0 Å². The molecule has 21 heteroatoms. The van der Waals surface area contributed by atoms with Gasteiger partial charge in [-0.3, -0.25) is 14.5 Å². The lowest BCUT2D eigenvalue weighted by Gasteiger charge is -2.49. The number of oxime groups is 1. The highest BCUT2D eigenvalue weighted by atomic mass is 35.5. The third-order valence-electron chi connectivity index (χ3n) is 11.9. The van der Waals surface area contributed by atoms with E-state index in [1.165, 1.54) is 53.6 Å². The molecule has 17 nitrogen and oxygen atoms in total. The normalized spacial score (nSPS) is 15.7. The first-order valence-corrected chi connectivity index (χ1v) is 26.6. The van der Waals surface area contributed by atoms with E-state index in [9.17, 15) is 19.2 Å². The summed E-state index contributed by atoms with van der Waals surface area (Å²) < 4.78 is 18.6. The van der Waals surface area contributed by atoms with E-state index in [0.717, 1.165) is 16.7 Å². The van der Waals surface area contributed by atoms with Gasteiger partial charge in [-0.05, 0) is 93.3 Å². The zero-order chi connectivity index (χ0) is 52.8. The minimum absolute atomic E-state index is 0. The van der Waals surface area contributed by atoms with Gasteiger partial charge < -0.3 is 53.6 Å². The molecule has 1 saturated heterocycles. The van der Waals surface area contributed by atoms with Gasteiger partial charge in [0.1, 0.15) is 46.3 Å². The summed E-state index contributed by atoms with van der Waals surface area (Å²) in [5.74, 6) is -0.964. The summed E-state index contributed by atoms with van der Waals surface area (Å²) in [6.45, 7) is 10.5. The first kappa shape index (κ1) is 55.6. The topological polar surface area (TPSA) is 227 Å². The number of aromatic nitrogens is 3. The zero-order valence-corrected chi connectivity index (χ0v) is 45.6. The van der Waals surface area contributed by atoms with Crippen molar-refractivity contribution >= 4 is 81.1 Å². The minimum atomic E-state index is -1.66. The molecule has 0 radical (unpaired) electrons. The Morgan fingerprint density at radius 3 is 2.04 bits per heavy atom. The fraction of sp³-hybridized carbons (Fsp3) is 0.296. The maximum absolute atomic E-state index is 14.8. The van der Waals surface area contributed by atoms with Crippen molar-refractivity contribution in [1.82, 2.24) is 20.2 Å². The average Bonchev–Trinajstić information content (AvgIpc) is 3.85. The maximum atomic E-state index is 14.8. The second kappa shape index (κ2) is 23.6. The van der Waals surface area contributed by atoms with Crippen molar-refractivity contribution in [2.45, 2.75) is 88.0 Å². The Bertz CT molecular complexity index is 2990. The van der Waals surface area contributed by atoms with Gasteiger partial charge in [-0.25, -0.2) is 19.1 Å². The fourth-order valence-electron chi connectivity index (χ4n) is 8.24. The van der Waals surface area contributed by atoms with Gasteiger partial charge in [-0.1, -0.05) is 113 Å². The molecule has 2 atom stereocenters. The summed E-state index contributed by atoms with van der Waals surface area (Å²) in [5, 5.41) is 12.8. The Labute approximate surface area is 454 Å². The van der Waals surface area contributed by atoms with E-state index in [0.29, 0.717) is 45.3 Å². The fourth-order valence-corrected chi connectivity index (χ4v) is 11.6. The Kier molecular flexibility index (Phi) is 17.5. The SMILES string of the molecule is CC[n+]1c(N)cc(N)nc1SCC1=C(C(=O)OCc2ccc(OC)cc2)N2C(=O)C(NC(=O)/C(=N\OC(C)(C)C(=O)OC(C)(C)C)c3csc(NC(c4ccccc4)(c4ccccc4)c4ccccc4)n3)C2SC1.[Cl-]. The van der Waals surface area contributed by atoms with Gasteiger partial charge in [-0.2, -0.15) is 0 Å². The molecule has 0 bridgehead atoms. The van der Waals surface area contributed by atoms with Crippen molar-refractivity contribution in [3.05, 3.63) is 166 Å². The minimum Gasteiger partial charge on any atom is -1.00 e. The maximum Gasteiger partial charge on any atom is 0.355 e. The molecule has 2 unspecified atom stereocenters. The van der Waals surface area contributed by atoms with Crippen molar-refractivity contribution < 1.29 is 55.2 Å². The van der Waals surface area contributed by atoms with Gasteiger partial charge in [-0.15, -0.1) is 23.1 Å². The van der Waals surface area contributed by atoms with E-state index in [4.69, 9.17) is 35.5 Å². The van der Waals surface area contributed by atoms with Crippen LogP contribution in [-0.2, 0) is 52.2 Å². The molecule has 6 N–H and O–H groups in total. The summed E-state index contributed by atoms with van der Waals surface area (Å²) in [4.78, 5) is 73.6. The highest BCUT2D eigenvalue weighted by Crippen LogP contribution is 2.43. The number of thioether (sulfide) groups is 2. The zero-order valence-electron chi connectivity index (χ0n) is 42.4. The second-order valence-electron chi connectivity index (χ2n) is 18.7. The summed E-state index contributed by atoms with van der Waals surface area (Å²) in [6, 6.07) is 37.4. The van der Waals surface area contributed by atoms with Gasteiger partial charge in [0.15, 0.2) is 10.8 Å². The molecule has 2 aliphatic heterocycles. The van der Waals surface area contributed by atoms with E-state index in [2.05, 4.69) is 20.8 Å².